The maximum atomic E-state index is 6.08. The SMILES string of the molecule is CN(C)c1ccncc1NC1c2ccccc2OC1(C)C. The minimum Gasteiger partial charge on any atom is -0.485 e. The van der Waals surface area contributed by atoms with Crippen molar-refractivity contribution in [2.24, 2.45) is 0 Å². The average molecular weight is 283 g/mol. The quantitative estimate of drug-likeness (QED) is 0.936. The van der Waals surface area contributed by atoms with Crippen LogP contribution in [0.5, 0.6) is 5.75 Å². The predicted octanol–water partition coefficient (Wildman–Crippen LogP) is 3.47. The molecular weight excluding hydrogens is 262 g/mol. The molecule has 1 aliphatic heterocycles. The van der Waals surface area contributed by atoms with Crippen LogP contribution in [0.1, 0.15) is 25.5 Å². The second-order valence-corrected chi connectivity index (χ2v) is 6.11. The fourth-order valence-corrected chi connectivity index (χ4v) is 2.82. The van der Waals surface area contributed by atoms with E-state index in [-0.39, 0.29) is 11.6 Å². The highest BCUT2D eigenvalue weighted by Crippen LogP contribution is 2.45. The third-order valence-electron chi connectivity index (χ3n) is 3.88. The molecule has 0 radical (unpaired) electrons. The van der Waals surface area contributed by atoms with Gasteiger partial charge in [0.15, 0.2) is 0 Å². The van der Waals surface area contributed by atoms with Gasteiger partial charge in [0.1, 0.15) is 11.4 Å². The molecule has 1 N–H and O–H groups in total. The Morgan fingerprint density at radius 1 is 1.19 bits per heavy atom. The van der Waals surface area contributed by atoms with Crippen molar-refractivity contribution in [2.75, 3.05) is 24.3 Å². The highest BCUT2D eigenvalue weighted by Gasteiger charge is 2.41. The van der Waals surface area contributed by atoms with E-state index in [2.05, 4.69) is 35.1 Å². The Kier molecular flexibility index (Phi) is 3.24. The summed E-state index contributed by atoms with van der Waals surface area (Å²) in [7, 11) is 4.06. The molecule has 0 spiro atoms. The largest absolute Gasteiger partial charge is 0.485 e. The molecule has 0 bridgehead atoms. The van der Waals surface area contributed by atoms with Crippen molar-refractivity contribution in [2.45, 2.75) is 25.5 Å². The number of nitrogens with one attached hydrogen (secondary N) is 1. The van der Waals surface area contributed by atoms with Gasteiger partial charge in [-0.3, -0.25) is 4.98 Å². The molecule has 0 fully saturated rings. The van der Waals surface area contributed by atoms with Gasteiger partial charge >= 0.3 is 0 Å². The van der Waals surface area contributed by atoms with Crippen LogP contribution in [0.2, 0.25) is 0 Å². The van der Waals surface area contributed by atoms with Crippen LogP contribution in [0.4, 0.5) is 11.4 Å². The summed E-state index contributed by atoms with van der Waals surface area (Å²) in [5.74, 6) is 0.954. The summed E-state index contributed by atoms with van der Waals surface area (Å²) in [5, 5.41) is 3.61. The number of anilines is 2. The zero-order chi connectivity index (χ0) is 15.0. The van der Waals surface area contributed by atoms with Crippen LogP contribution in [-0.4, -0.2) is 24.7 Å². The Hall–Kier alpha value is -2.23. The maximum absolute atomic E-state index is 6.08. The summed E-state index contributed by atoms with van der Waals surface area (Å²) < 4.78 is 6.08. The summed E-state index contributed by atoms with van der Waals surface area (Å²) in [6, 6.07) is 10.3. The Labute approximate surface area is 125 Å². The third kappa shape index (κ3) is 2.42. The smallest absolute Gasteiger partial charge is 0.128 e. The zero-order valence-electron chi connectivity index (χ0n) is 12.9. The molecule has 1 atom stereocenters. The Morgan fingerprint density at radius 2 is 1.95 bits per heavy atom. The van der Waals surface area contributed by atoms with Crippen LogP contribution in [-0.2, 0) is 0 Å². The second-order valence-electron chi connectivity index (χ2n) is 6.11. The summed E-state index contributed by atoms with van der Waals surface area (Å²) in [5.41, 5.74) is 3.02. The zero-order valence-corrected chi connectivity index (χ0v) is 12.9. The molecule has 110 valence electrons. The van der Waals surface area contributed by atoms with E-state index in [0.717, 1.165) is 17.1 Å². The topological polar surface area (TPSA) is 37.4 Å². The lowest BCUT2D eigenvalue weighted by molar-refractivity contribution is 0.118. The molecule has 1 unspecified atom stereocenters. The molecule has 4 heteroatoms. The van der Waals surface area contributed by atoms with Crippen molar-refractivity contribution in [1.29, 1.82) is 0 Å². The van der Waals surface area contributed by atoms with E-state index in [1.165, 1.54) is 5.56 Å². The summed E-state index contributed by atoms with van der Waals surface area (Å²) in [6.45, 7) is 4.22. The van der Waals surface area contributed by atoms with Gasteiger partial charge in [-0.15, -0.1) is 0 Å². The Balaban J connectivity index is 1.98. The van der Waals surface area contributed by atoms with Crippen molar-refractivity contribution in [3.05, 3.63) is 48.3 Å². The lowest BCUT2D eigenvalue weighted by atomic mass is 9.94. The fourth-order valence-electron chi connectivity index (χ4n) is 2.82. The molecule has 0 saturated heterocycles. The average Bonchev–Trinajstić information content (AvgIpc) is 2.70. The normalized spacial score (nSPS) is 18.8. The minimum absolute atomic E-state index is 0.0941. The molecule has 21 heavy (non-hydrogen) atoms. The van der Waals surface area contributed by atoms with Crippen LogP contribution in [0, 0.1) is 0 Å². The van der Waals surface area contributed by atoms with Crippen LogP contribution in [0.3, 0.4) is 0 Å². The molecule has 0 saturated carbocycles. The van der Waals surface area contributed by atoms with Gasteiger partial charge in [0.05, 0.1) is 23.6 Å². The van der Waals surface area contributed by atoms with Gasteiger partial charge in [0.2, 0.25) is 0 Å². The lowest BCUT2D eigenvalue weighted by Gasteiger charge is -2.29. The van der Waals surface area contributed by atoms with Crippen molar-refractivity contribution in [1.82, 2.24) is 4.98 Å². The van der Waals surface area contributed by atoms with E-state index in [9.17, 15) is 0 Å². The van der Waals surface area contributed by atoms with E-state index in [0.29, 0.717) is 0 Å². The number of para-hydroxylation sites is 1. The van der Waals surface area contributed by atoms with Gasteiger partial charge in [-0.05, 0) is 26.0 Å². The van der Waals surface area contributed by atoms with Gasteiger partial charge in [-0.2, -0.15) is 0 Å². The molecule has 1 aliphatic rings. The van der Waals surface area contributed by atoms with Gasteiger partial charge in [-0.1, -0.05) is 18.2 Å². The number of ether oxygens (including phenoxy) is 1. The molecule has 2 heterocycles. The third-order valence-corrected chi connectivity index (χ3v) is 3.88. The van der Waals surface area contributed by atoms with Crippen molar-refractivity contribution in [3.63, 3.8) is 0 Å². The van der Waals surface area contributed by atoms with Gasteiger partial charge in [0, 0.05) is 25.9 Å². The minimum atomic E-state index is -0.302. The predicted molar refractivity (Wildman–Crippen MR) is 86.1 cm³/mol. The standard InChI is InChI=1S/C17H21N3O/c1-17(2)16(12-7-5-6-8-15(12)21-17)19-13-11-18-10-9-14(13)20(3)4/h5-11,16,19H,1-4H3. The molecule has 2 aromatic rings. The summed E-state index contributed by atoms with van der Waals surface area (Å²) >= 11 is 0. The first kappa shape index (κ1) is 13.7. The number of pyridine rings is 1. The van der Waals surface area contributed by atoms with Gasteiger partial charge in [-0.25, -0.2) is 0 Å². The number of rotatable bonds is 3. The molecule has 1 aromatic heterocycles. The monoisotopic (exact) mass is 283 g/mol. The number of fused-ring (bicyclic) bond motifs is 1. The maximum Gasteiger partial charge on any atom is 0.128 e. The second kappa shape index (κ2) is 4.95. The molecule has 1 aromatic carbocycles. The van der Waals surface area contributed by atoms with E-state index < -0.39 is 0 Å². The first-order valence-corrected chi connectivity index (χ1v) is 7.15. The van der Waals surface area contributed by atoms with E-state index in [4.69, 9.17) is 4.74 Å². The summed E-state index contributed by atoms with van der Waals surface area (Å²) in [4.78, 5) is 6.33. The van der Waals surface area contributed by atoms with Crippen molar-refractivity contribution < 1.29 is 4.74 Å². The Morgan fingerprint density at radius 3 is 2.71 bits per heavy atom. The Bertz CT molecular complexity index is 652. The molecule has 3 rings (SSSR count). The van der Waals surface area contributed by atoms with Gasteiger partial charge in [0.25, 0.3) is 0 Å². The highest BCUT2D eigenvalue weighted by molar-refractivity contribution is 5.69. The van der Waals surface area contributed by atoms with Crippen LogP contribution in [0.15, 0.2) is 42.7 Å². The van der Waals surface area contributed by atoms with E-state index >= 15 is 0 Å². The summed E-state index contributed by atoms with van der Waals surface area (Å²) in [6.07, 6.45) is 3.68. The number of hydrogen-bond donors (Lipinski definition) is 1. The van der Waals surface area contributed by atoms with Gasteiger partial charge < -0.3 is 15.0 Å². The fraction of sp³-hybridized carbons (Fsp3) is 0.353. The molecule has 0 amide bonds. The number of hydrogen-bond acceptors (Lipinski definition) is 4. The first-order valence-electron chi connectivity index (χ1n) is 7.15. The highest BCUT2D eigenvalue weighted by atomic mass is 16.5. The van der Waals surface area contributed by atoms with Crippen LogP contribution < -0.4 is 15.0 Å². The number of aromatic nitrogens is 1. The van der Waals surface area contributed by atoms with Crippen molar-refractivity contribution >= 4 is 11.4 Å². The molecule has 4 nitrogen and oxygen atoms in total. The van der Waals surface area contributed by atoms with E-state index in [1.54, 1.807) is 0 Å². The number of benzene rings is 1. The van der Waals surface area contributed by atoms with Crippen LogP contribution in [0.25, 0.3) is 0 Å². The lowest BCUT2D eigenvalue weighted by Crippen LogP contribution is -2.35. The molecular formula is C17H21N3O. The van der Waals surface area contributed by atoms with Crippen molar-refractivity contribution in [3.8, 4) is 5.75 Å². The molecule has 0 aliphatic carbocycles. The number of nitrogens with zero attached hydrogens (tertiary/aromatic N) is 2. The van der Waals surface area contributed by atoms with E-state index in [1.807, 2.05) is 50.8 Å². The first-order chi connectivity index (χ1) is 9.99. The van der Waals surface area contributed by atoms with Crippen LogP contribution >= 0.6 is 0 Å².